The zero-order valence-electron chi connectivity index (χ0n) is 17.9. The average molecular weight is 532 g/mol. The highest BCUT2D eigenvalue weighted by atomic mass is 127. The van der Waals surface area contributed by atoms with Gasteiger partial charge in [-0.2, -0.15) is 0 Å². The summed E-state index contributed by atoms with van der Waals surface area (Å²) in [5, 5.41) is 6.83. The highest BCUT2D eigenvalue weighted by Crippen LogP contribution is 2.50. The Morgan fingerprint density at radius 1 is 1.10 bits per heavy atom. The van der Waals surface area contributed by atoms with Gasteiger partial charge in [0.25, 0.3) is 0 Å². The number of rotatable bonds is 8. The molecule has 164 valence electrons. The van der Waals surface area contributed by atoms with Gasteiger partial charge < -0.3 is 19.8 Å². The SMILES string of the molecule is CCNC(=NCc1coc(-c2ccccc2)n1)NCC1(c2ccccc2OC)CC1.I. The molecule has 1 heterocycles. The van der Waals surface area contributed by atoms with E-state index in [2.05, 4.69) is 34.7 Å². The van der Waals surface area contributed by atoms with Gasteiger partial charge in [0.15, 0.2) is 5.96 Å². The van der Waals surface area contributed by atoms with Crippen LogP contribution in [0.3, 0.4) is 0 Å². The van der Waals surface area contributed by atoms with Crippen molar-refractivity contribution in [3.05, 3.63) is 72.1 Å². The van der Waals surface area contributed by atoms with Gasteiger partial charge in [-0.3, -0.25) is 0 Å². The zero-order chi connectivity index (χ0) is 20.8. The van der Waals surface area contributed by atoms with Crippen molar-refractivity contribution in [3.63, 3.8) is 0 Å². The molecule has 4 rings (SSSR count). The molecule has 0 atom stereocenters. The number of halogens is 1. The Kier molecular flexibility index (Phi) is 7.95. The number of para-hydroxylation sites is 1. The van der Waals surface area contributed by atoms with Gasteiger partial charge in [0.2, 0.25) is 5.89 Å². The summed E-state index contributed by atoms with van der Waals surface area (Å²) in [6.07, 6.45) is 3.96. The number of aliphatic imine (C=N–C) groups is 1. The van der Waals surface area contributed by atoms with Crippen molar-refractivity contribution in [2.24, 2.45) is 4.99 Å². The Balaban J connectivity index is 0.00000272. The lowest BCUT2D eigenvalue weighted by Crippen LogP contribution is -2.41. The number of methoxy groups -OCH3 is 1. The fraction of sp³-hybridized carbons (Fsp3) is 0.333. The van der Waals surface area contributed by atoms with E-state index < -0.39 is 0 Å². The van der Waals surface area contributed by atoms with E-state index in [1.165, 1.54) is 5.56 Å². The molecule has 0 aliphatic heterocycles. The number of oxazole rings is 1. The topological polar surface area (TPSA) is 71.7 Å². The molecular weight excluding hydrogens is 503 g/mol. The fourth-order valence-electron chi connectivity index (χ4n) is 3.62. The molecule has 6 nitrogen and oxygen atoms in total. The highest BCUT2D eigenvalue weighted by molar-refractivity contribution is 14.0. The lowest BCUT2D eigenvalue weighted by molar-refractivity contribution is 0.403. The molecule has 2 N–H and O–H groups in total. The summed E-state index contributed by atoms with van der Waals surface area (Å²) in [5.74, 6) is 2.35. The van der Waals surface area contributed by atoms with E-state index in [4.69, 9.17) is 14.1 Å². The average Bonchev–Trinajstić information content (AvgIpc) is 3.44. The minimum absolute atomic E-state index is 0. The minimum atomic E-state index is 0. The number of hydrogen-bond acceptors (Lipinski definition) is 4. The second-order valence-electron chi connectivity index (χ2n) is 7.54. The van der Waals surface area contributed by atoms with E-state index in [1.807, 2.05) is 42.5 Å². The normalized spacial score (nSPS) is 14.5. The third kappa shape index (κ3) is 5.58. The number of nitrogens with zero attached hydrogens (tertiary/aromatic N) is 2. The maximum atomic E-state index is 5.62. The standard InChI is InChI=1S/C24H28N4O2.HI/c1-3-25-23(26-15-19-16-30-22(28-19)18-9-5-4-6-10-18)27-17-24(13-14-24)20-11-7-8-12-21(20)29-2;/h4-12,16H,3,13-15,17H2,1-2H3,(H2,25,26,27);1H. The molecule has 7 heteroatoms. The summed E-state index contributed by atoms with van der Waals surface area (Å²) >= 11 is 0. The predicted molar refractivity (Wildman–Crippen MR) is 134 cm³/mol. The van der Waals surface area contributed by atoms with Crippen molar-refractivity contribution in [1.29, 1.82) is 0 Å². The maximum absolute atomic E-state index is 5.62. The summed E-state index contributed by atoms with van der Waals surface area (Å²) < 4.78 is 11.2. The van der Waals surface area contributed by atoms with Crippen LogP contribution >= 0.6 is 24.0 Å². The van der Waals surface area contributed by atoms with Gasteiger partial charge in [-0.25, -0.2) is 9.98 Å². The molecular formula is C24H29IN4O2. The summed E-state index contributed by atoms with van der Waals surface area (Å²) in [5.41, 5.74) is 3.14. The van der Waals surface area contributed by atoms with Crippen LogP contribution in [-0.2, 0) is 12.0 Å². The van der Waals surface area contributed by atoms with Crippen LogP contribution in [0.2, 0.25) is 0 Å². The van der Waals surface area contributed by atoms with Gasteiger partial charge in [-0.05, 0) is 38.0 Å². The molecule has 1 aromatic heterocycles. The first-order valence-corrected chi connectivity index (χ1v) is 10.4. The maximum Gasteiger partial charge on any atom is 0.226 e. The first kappa shape index (κ1) is 23.1. The third-order valence-electron chi connectivity index (χ3n) is 5.44. The molecule has 0 amide bonds. The first-order valence-electron chi connectivity index (χ1n) is 10.4. The van der Waals surface area contributed by atoms with Crippen LogP contribution < -0.4 is 15.4 Å². The summed E-state index contributed by atoms with van der Waals surface area (Å²) in [6, 6.07) is 18.2. The highest BCUT2D eigenvalue weighted by Gasteiger charge is 2.46. The summed E-state index contributed by atoms with van der Waals surface area (Å²) in [7, 11) is 1.73. The molecule has 2 aromatic carbocycles. The van der Waals surface area contributed by atoms with Crippen molar-refractivity contribution < 1.29 is 9.15 Å². The van der Waals surface area contributed by atoms with Gasteiger partial charge >= 0.3 is 0 Å². The lowest BCUT2D eigenvalue weighted by Gasteiger charge is -2.21. The molecule has 1 aliphatic rings. The molecule has 1 saturated carbocycles. The van der Waals surface area contributed by atoms with E-state index >= 15 is 0 Å². The van der Waals surface area contributed by atoms with Gasteiger partial charge in [0.05, 0.1) is 13.7 Å². The second kappa shape index (κ2) is 10.7. The quantitative estimate of drug-likeness (QED) is 0.249. The van der Waals surface area contributed by atoms with E-state index in [1.54, 1.807) is 13.4 Å². The number of benzene rings is 2. The van der Waals surface area contributed by atoms with E-state index in [0.717, 1.165) is 48.9 Å². The van der Waals surface area contributed by atoms with Crippen LogP contribution in [0.1, 0.15) is 31.0 Å². The third-order valence-corrected chi connectivity index (χ3v) is 5.44. The van der Waals surface area contributed by atoms with Crippen LogP contribution in [0.4, 0.5) is 0 Å². The van der Waals surface area contributed by atoms with Crippen LogP contribution in [0.25, 0.3) is 11.5 Å². The van der Waals surface area contributed by atoms with Crippen molar-refractivity contribution in [2.45, 2.75) is 31.7 Å². The largest absolute Gasteiger partial charge is 0.496 e. The number of ether oxygens (including phenoxy) is 1. The predicted octanol–water partition coefficient (Wildman–Crippen LogP) is 4.76. The van der Waals surface area contributed by atoms with Crippen LogP contribution in [0.15, 0.2) is 70.3 Å². The Labute approximate surface area is 200 Å². The molecule has 0 radical (unpaired) electrons. The number of guanidine groups is 1. The van der Waals surface area contributed by atoms with Crippen molar-refractivity contribution in [1.82, 2.24) is 15.6 Å². The van der Waals surface area contributed by atoms with Gasteiger partial charge in [0, 0.05) is 29.6 Å². The van der Waals surface area contributed by atoms with E-state index in [0.29, 0.717) is 12.4 Å². The van der Waals surface area contributed by atoms with E-state index in [-0.39, 0.29) is 29.4 Å². The van der Waals surface area contributed by atoms with Gasteiger partial charge in [-0.1, -0.05) is 36.4 Å². The summed E-state index contributed by atoms with van der Waals surface area (Å²) in [6.45, 7) is 4.12. The second-order valence-corrected chi connectivity index (χ2v) is 7.54. The molecule has 0 saturated heterocycles. The Hall–Kier alpha value is -2.55. The van der Waals surface area contributed by atoms with Crippen LogP contribution in [0, 0.1) is 0 Å². The molecule has 0 unspecified atom stereocenters. The Morgan fingerprint density at radius 3 is 2.55 bits per heavy atom. The van der Waals surface area contributed by atoms with Crippen LogP contribution in [-0.4, -0.2) is 31.1 Å². The van der Waals surface area contributed by atoms with Gasteiger partial charge in [-0.15, -0.1) is 24.0 Å². The number of aromatic nitrogens is 1. The molecule has 0 bridgehead atoms. The monoisotopic (exact) mass is 532 g/mol. The van der Waals surface area contributed by atoms with Gasteiger partial charge in [0.1, 0.15) is 17.7 Å². The molecule has 3 aromatic rings. The first-order chi connectivity index (χ1) is 14.7. The lowest BCUT2D eigenvalue weighted by atomic mass is 9.95. The molecule has 0 spiro atoms. The smallest absolute Gasteiger partial charge is 0.226 e. The van der Waals surface area contributed by atoms with Crippen molar-refractivity contribution in [2.75, 3.05) is 20.2 Å². The fourth-order valence-corrected chi connectivity index (χ4v) is 3.62. The van der Waals surface area contributed by atoms with Crippen LogP contribution in [0.5, 0.6) is 5.75 Å². The molecule has 1 fully saturated rings. The number of hydrogen-bond donors (Lipinski definition) is 2. The molecule has 31 heavy (non-hydrogen) atoms. The Morgan fingerprint density at radius 2 is 1.84 bits per heavy atom. The van der Waals surface area contributed by atoms with E-state index in [9.17, 15) is 0 Å². The van der Waals surface area contributed by atoms with Crippen molar-refractivity contribution >= 4 is 29.9 Å². The molecule has 1 aliphatic carbocycles. The van der Waals surface area contributed by atoms with Crippen molar-refractivity contribution in [3.8, 4) is 17.2 Å². The minimum Gasteiger partial charge on any atom is -0.496 e. The summed E-state index contributed by atoms with van der Waals surface area (Å²) in [4.78, 5) is 9.26. The Bertz CT molecular complexity index is 1000. The number of nitrogens with one attached hydrogen (secondary N) is 2. The zero-order valence-corrected chi connectivity index (χ0v) is 20.3.